The molecule has 0 aliphatic rings. The molecule has 0 saturated heterocycles. The minimum Gasteiger partial charge on any atom is -0.409 e. The summed E-state index contributed by atoms with van der Waals surface area (Å²) in [5, 5.41) is 14.4. The first kappa shape index (κ1) is 16.9. The SMILES string of the molecule is Cc1cc(F)ccc1CCNC(=O)C(/C(N)=N/O)C(C)C. The predicted molar refractivity (Wildman–Crippen MR) is 79.6 cm³/mol. The molecule has 1 unspecified atom stereocenters. The monoisotopic (exact) mass is 295 g/mol. The summed E-state index contributed by atoms with van der Waals surface area (Å²) >= 11 is 0. The fraction of sp³-hybridized carbons (Fsp3) is 0.467. The van der Waals surface area contributed by atoms with Crippen LogP contribution in [0.1, 0.15) is 25.0 Å². The number of nitrogens with zero attached hydrogens (tertiary/aromatic N) is 1. The van der Waals surface area contributed by atoms with Crippen LogP contribution in [0.2, 0.25) is 0 Å². The second-order valence-corrected chi connectivity index (χ2v) is 5.36. The highest BCUT2D eigenvalue weighted by molar-refractivity contribution is 6.02. The number of oxime groups is 1. The summed E-state index contributed by atoms with van der Waals surface area (Å²) in [6, 6.07) is 4.57. The summed E-state index contributed by atoms with van der Waals surface area (Å²) in [5.41, 5.74) is 7.36. The van der Waals surface area contributed by atoms with Crippen molar-refractivity contribution in [2.75, 3.05) is 6.54 Å². The van der Waals surface area contributed by atoms with E-state index in [4.69, 9.17) is 10.9 Å². The molecule has 0 aliphatic carbocycles. The number of benzene rings is 1. The number of halogens is 1. The van der Waals surface area contributed by atoms with Gasteiger partial charge in [-0.3, -0.25) is 4.79 Å². The molecule has 0 spiro atoms. The Bertz CT molecular complexity index is 530. The van der Waals surface area contributed by atoms with Crippen molar-refractivity contribution in [1.29, 1.82) is 0 Å². The van der Waals surface area contributed by atoms with Crippen molar-refractivity contribution in [2.45, 2.75) is 27.2 Å². The van der Waals surface area contributed by atoms with Gasteiger partial charge in [-0.15, -0.1) is 0 Å². The Morgan fingerprint density at radius 3 is 2.67 bits per heavy atom. The van der Waals surface area contributed by atoms with Gasteiger partial charge < -0.3 is 16.3 Å². The van der Waals surface area contributed by atoms with Gasteiger partial charge >= 0.3 is 0 Å². The number of carbonyl (C=O) groups excluding carboxylic acids is 1. The second kappa shape index (κ2) is 7.61. The van der Waals surface area contributed by atoms with Gasteiger partial charge in [0.05, 0.1) is 0 Å². The lowest BCUT2D eigenvalue weighted by atomic mass is 9.93. The van der Waals surface area contributed by atoms with Crippen LogP contribution < -0.4 is 11.1 Å². The van der Waals surface area contributed by atoms with Gasteiger partial charge in [0.1, 0.15) is 11.7 Å². The molecular weight excluding hydrogens is 273 g/mol. The van der Waals surface area contributed by atoms with Crippen LogP contribution in [0.15, 0.2) is 23.4 Å². The molecule has 5 nitrogen and oxygen atoms in total. The molecule has 0 heterocycles. The van der Waals surface area contributed by atoms with E-state index in [1.54, 1.807) is 6.07 Å². The smallest absolute Gasteiger partial charge is 0.231 e. The van der Waals surface area contributed by atoms with Crippen LogP contribution in [0.4, 0.5) is 4.39 Å². The molecule has 1 aromatic carbocycles. The third kappa shape index (κ3) is 4.73. The topological polar surface area (TPSA) is 87.7 Å². The van der Waals surface area contributed by atoms with Crippen molar-refractivity contribution in [3.8, 4) is 0 Å². The summed E-state index contributed by atoms with van der Waals surface area (Å²) in [4.78, 5) is 12.1. The molecular formula is C15H22FN3O2. The Labute approximate surface area is 124 Å². The quantitative estimate of drug-likeness (QED) is 0.324. The summed E-state index contributed by atoms with van der Waals surface area (Å²) in [5.74, 6) is -1.38. The van der Waals surface area contributed by atoms with E-state index < -0.39 is 5.92 Å². The zero-order valence-electron chi connectivity index (χ0n) is 12.6. The molecule has 0 saturated carbocycles. The van der Waals surface area contributed by atoms with E-state index in [1.165, 1.54) is 12.1 Å². The van der Waals surface area contributed by atoms with Crippen molar-refractivity contribution >= 4 is 11.7 Å². The number of aryl methyl sites for hydroxylation is 1. The second-order valence-electron chi connectivity index (χ2n) is 5.36. The summed E-state index contributed by atoms with van der Waals surface area (Å²) in [7, 11) is 0. The van der Waals surface area contributed by atoms with Crippen molar-refractivity contribution in [3.63, 3.8) is 0 Å². The zero-order valence-corrected chi connectivity index (χ0v) is 12.6. The normalized spacial score (nSPS) is 13.3. The maximum atomic E-state index is 13.0. The summed E-state index contributed by atoms with van der Waals surface area (Å²) in [6.45, 7) is 5.89. The molecule has 1 rings (SSSR count). The van der Waals surface area contributed by atoms with Crippen LogP contribution in [-0.4, -0.2) is 23.5 Å². The van der Waals surface area contributed by atoms with E-state index in [1.807, 2.05) is 20.8 Å². The predicted octanol–water partition coefficient (Wildman–Crippen LogP) is 1.81. The van der Waals surface area contributed by atoms with Crippen molar-refractivity contribution in [2.24, 2.45) is 22.7 Å². The highest BCUT2D eigenvalue weighted by Crippen LogP contribution is 2.12. The lowest BCUT2D eigenvalue weighted by Gasteiger charge is -2.18. The van der Waals surface area contributed by atoms with E-state index in [2.05, 4.69) is 10.5 Å². The van der Waals surface area contributed by atoms with Crippen LogP contribution in [-0.2, 0) is 11.2 Å². The number of amides is 1. The number of hydrogen-bond acceptors (Lipinski definition) is 3. The van der Waals surface area contributed by atoms with Gasteiger partial charge in [-0.1, -0.05) is 25.1 Å². The molecule has 0 radical (unpaired) electrons. The lowest BCUT2D eigenvalue weighted by molar-refractivity contribution is -0.124. The van der Waals surface area contributed by atoms with E-state index in [-0.39, 0.29) is 23.5 Å². The molecule has 0 bridgehead atoms. The number of hydrogen-bond donors (Lipinski definition) is 3. The standard InChI is InChI=1S/C15H22FN3O2/c1-9(2)13(14(17)19-21)15(20)18-7-6-11-4-5-12(16)8-10(11)3/h4-5,8-9,13,21H,6-7H2,1-3H3,(H2,17,19)(H,18,20). The van der Waals surface area contributed by atoms with Crippen molar-refractivity contribution in [3.05, 3.63) is 35.1 Å². The maximum Gasteiger partial charge on any atom is 0.231 e. The molecule has 0 fully saturated rings. The molecule has 116 valence electrons. The Morgan fingerprint density at radius 2 is 2.14 bits per heavy atom. The Hall–Kier alpha value is -2.11. The first-order valence-corrected chi connectivity index (χ1v) is 6.87. The Balaban J connectivity index is 2.60. The van der Waals surface area contributed by atoms with Crippen LogP contribution in [0.5, 0.6) is 0 Å². The molecule has 1 amide bonds. The zero-order chi connectivity index (χ0) is 16.0. The third-order valence-electron chi connectivity index (χ3n) is 3.38. The fourth-order valence-electron chi connectivity index (χ4n) is 2.21. The molecule has 6 heteroatoms. The molecule has 21 heavy (non-hydrogen) atoms. The summed E-state index contributed by atoms with van der Waals surface area (Å²) < 4.78 is 13.0. The van der Waals surface area contributed by atoms with E-state index >= 15 is 0 Å². The average Bonchev–Trinajstić information content (AvgIpc) is 2.40. The number of carbonyl (C=O) groups is 1. The molecule has 1 aromatic rings. The van der Waals surface area contributed by atoms with Crippen molar-refractivity contribution < 1.29 is 14.4 Å². The first-order valence-electron chi connectivity index (χ1n) is 6.87. The van der Waals surface area contributed by atoms with Crippen LogP contribution in [0.3, 0.4) is 0 Å². The molecule has 1 atom stereocenters. The average molecular weight is 295 g/mol. The van der Waals surface area contributed by atoms with E-state index in [0.29, 0.717) is 13.0 Å². The maximum absolute atomic E-state index is 13.0. The molecule has 0 aliphatic heterocycles. The molecule has 0 aromatic heterocycles. The van der Waals surface area contributed by atoms with Crippen LogP contribution >= 0.6 is 0 Å². The summed E-state index contributed by atoms with van der Waals surface area (Å²) in [6.07, 6.45) is 0.596. The minimum absolute atomic E-state index is 0.0755. The van der Waals surface area contributed by atoms with Gasteiger partial charge in [0, 0.05) is 6.54 Å². The van der Waals surface area contributed by atoms with Gasteiger partial charge in [0.2, 0.25) is 5.91 Å². The van der Waals surface area contributed by atoms with Gasteiger partial charge in [-0.25, -0.2) is 4.39 Å². The van der Waals surface area contributed by atoms with E-state index in [0.717, 1.165) is 11.1 Å². The van der Waals surface area contributed by atoms with Gasteiger partial charge in [-0.05, 0) is 42.5 Å². The fourth-order valence-corrected chi connectivity index (χ4v) is 2.21. The lowest BCUT2D eigenvalue weighted by Crippen LogP contribution is -2.42. The highest BCUT2D eigenvalue weighted by atomic mass is 19.1. The molecule has 4 N–H and O–H groups in total. The van der Waals surface area contributed by atoms with Crippen molar-refractivity contribution in [1.82, 2.24) is 5.32 Å². The van der Waals surface area contributed by atoms with Gasteiger partial charge in [0.25, 0.3) is 0 Å². The first-order chi connectivity index (χ1) is 9.86. The minimum atomic E-state index is -0.663. The number of nitrogens with two attached hydrogens (primary N) is 1. The highest BCUT2D eigenvalue weighted by Gasteiger charge is 2.26. The number of amidine groups is 1. The number of nitrogens with one attached hydrogen (secondary N) is 1. The van der Waals surface area contributed by atoms with E-state index in [9.17, 15) is 9.18 Å². The van der Waals surface area contributed by atoms with Crippen LogP contribution in [0, 0.1) is 24.6 Å². The van der Waals surface area contributed by atoms with Crippen LogP contribution in [0.25, 0.3) is 0 Å². The number of rotatable bonds is 6. The Morgan fingerprint density at radius 1 is 1.48 bits per heavy atom. The third-order valence-corrected chi connectivity index (χ3v) is 3.38. The van der Waals surface area contributed by atoms with Gasteiger partial charge in [-0.2, -0.15) is 0 Å². The van der Waals surface area contributed by atoms with Gasteiger partial charge in [0.15, 0.2) is 5.84 Å². The Kier molecular flexibility index (Phi) is 6.14. The largest absolute Gasteiger partial charge is 0.409 e.